The van der Waals surface area contributed by atoms with E-state index in [2.05, 4.69) is 5.32 Å². The molecule has 0 bridgehead atoms. The summed E-state index contributed by atoms with van der Waals surface area (Å²) in [4.78, 5) is 0. The van der Waals surface area contributed by atoms with Crippen LogP contribution in [-0.2, 0) is 6.54 Å². The molecule has 90 valence electrons. The second-order valence-corrected chi connectivity index (χ2v) is 3.61. The SMILES string of the molecule is CC[C@@H](CO)NCc1ccc(O)c(O)c1O. The van der Waals surface area contributed by atoms with E-state index in [1.807, 2.05) is 6.92 Å². The van der Waals surface area contributed by atoms with Gasteiger partial charge in [-0.3, -0.25) is 0 Å². The average molecular weight is 227 g/mol. The zero-order chi connectivity index (χ0) is 12.1. The normalized spacial score (nSPS) is 12.6. The first-order chi connectivity index (χ1) is 7.60. The minimum atomic E-state index is -0.517. The van der Waals surface area contributed by atoms with Crippen molar-refractivity contribution in [3.8, 4) is 17.2 Å². The lowest BCUT2D eigenvalue weighted by Gasteiger charge is -2.15. The largest absolute Gasteiger partial charge is 0.504 e. The molecular weight excluding hydrogens is 210 g/mol. The van der Waals surface area contributed by atoms with Crippen LogP contribution in [0.25, 0.3) is 0 Å². The minimum absolute atomic E-state index is 0.0152. The maximum absolute atomic E-state index is 9.52. The Bertz CT molecular complexity index is 350. The first kappa shape index (κ1) is 12.6. The highest BCUT2D eigenvalue weighted by atomic mass is 16.3. The van der Waals surface area contributed by atoms with E-state index in [-0.39, 0.29) is 24.1 Å². The van der Waals surface area contributed by atoms with Gasteiger partial charge in [0.25, 0.3) is 0 Å². The predicted octanol–water partition coefficient (Wildman–Crippen LogP) is 0.664. The number of phenols is 3. The lowest BCUT2D eigenvalue weighted by molar-refractivity contribution is 0.237. The molecule has 1 aromatic rings. The zero-order valence-electron chi connectivity index (χ0n) is 9.14. The van der Waals surface area contributed by atoms with Crippen LogP contribution in [-0.4, -0.2) is 33.1 Å². The van der Waals surface area contributed by atoms with Crippen LogP contribution in [0, 0.1) is 0 Å². The van der Waals surface area contributed by atoms with Gasteiger partial charge in [0.2, 0.25) is 5.75 Å². The van der Waals surface area contributed by atoms with Crippen molar-refractivity contribution in [2.75, 3.05) is 6.61 Å². The Kier molecular flexibility index (Phi) is 4.39. The summed E-state index contributed by atoms with van der Waals surface area (Å²) in [6.45, 7) is 2.27. The number of nitrogens with one attached hydrogen (secondary N) is 1. The van der Waals surface area contributed by atoms with Crippen LogP contribution in [0.2, 0.25) is 0 Å². The van der Waals surface area contributed by atoms with E-state index in [9.17, 15) is 10.2 Å². The van der Waals surface area contributed by atoms with Crippen LogP contribution in [0.1, 0.15) is 18.9 Å². The van der Waals surface area contributed by atoms with Crippen molar-refractivity contribution in [2.45, 2.75) is 25.9 Å². The Balaban J connectivity index is 2.71. The van der Waals surface area contributed by atoms with Crippen molar-refractivity contribution in [3.63, 3.8) is 0 Å². The molecule has 0 aliphatic rings. The maximum Gasteiger partial charge on any atom is 0.200 e. The minimum Gasteiger partial charge on any atom is -0.504 e. The summed E-state index contributed by atoms with van der Waals surface area (Å²) in [6.07, 6.45) is 0.765. The van der Waals surface area contributed by atoms with E-state index in [0.29, 0.717) is 12.1 Å². The third-order valence-electron chi connectivity index (χ3n) is 2.51. The molecule has 0 aromatic heterocycles. The molecule has 0 fully saturated rings. The van der Waals surface area contributed by atoms with Crippen molar-refractivity contribution >= 4 is 0 Å². The quantitative estimate of drug-likeness (QED) is 0.477. The summed E-state index contributed by atoms with van der Waals surface area (Å²) < 4.78 is 0. The van der Waals surface area contributed by atoms with E-state index in [1.165, 1.54) is 12.1 Å². The Labute approximate surface area is 94.0 Å². The molecule has 0 heterocycles. The van der Waals surface area contributed by atoms with E-state index in [0.717, 1.165) is 6.42 Å². The number of aliphatic hydroxyl groups is 1. The van der Waals surface area contributed by atoms with Gasteiger partial charge < -0.3 is 25.7 Å². The van der Waals surface area contributed by atoms with Crippen molar-refractivity contribution < 1.29 is 20.4 Å². The van der Waals surface area contributed by atoms with Crippen LogP contribution in [0.4, 0.5) is 0 Å². The van der Waals surface area contributed by atoms with E-state index < -0.39 is 5.75 Å². The third kappa shape index (κ3) is 2.77. The molecule has 5 nitrogen and oxygen atoms in total. The molecule has 0 aliphatic heterocycles. The van der Waals surface area contributed by atoms with Crippen molar-refractivity contribution in [1.82, 2.24) is 5.32 Å². The maximum atomic E-state index is 9.52. The van der Waals surface area contributed by atoms with Gasteiger partial charge in [0.05, 0.1) is 6.61 Å². The highest BCUT2D eigenvalue weighted by Crippen LogP contribution is 2.36. The van der Waals surface area contributed by atoms with Gasteiger partial charge in [-0.05, 0) is 12.5 Å². The Hall–Kier alpha value is -1.46. The molecule has 5 N–H and O–H groups in total. The van der Waals surface area contributed by atoms with E-state index >= 15 is 0 Å². The lowest BCUT2D eigenvalue weighted by Crippen LogP contribution is -2.31. The number of rotatable bonds is 5. The molecule has 0 spiro atoms. The molecule has 16 heavy (non-hydrogen) atoms. The highest BCUT2D eigenvalue weighted by molar-refractivity contribution is 5.52. The van der Waals surface area contributed by atoms with E-state index in [1.54, 1.807) is 0 Å². The van der Waals surface area contributed by atoms with Crippen molar-refractivity contribution in [3.05, 3.63) is 17.7 Å². The second kappa shape index (κ2) is 5.58. The van der Waals surface area contributed by atoms with Crippen LogP contribution in [0.15, 0.2) is 12.1 Å². The van der Waals surface area contributed by atoms with Crippen LogP contribution >= 0.6 is 0 Å². The Morgan fingerprint density at radius 3 is 2.44 bits per heavy atom. The molecule has 0 aliphatic carbocycles. The zero-order valence-corrected chi connectivity index (χ0v) is 9.14. The first-order valence-corrected chi connectivity index (χ1v) is 5.17. The van der Waals surface area contributed by atoms with Crippen LogP contribution < -0.4 is 5.32 Å². The molecule has 1 aromatic carbocycles. The first-order valence-electron chi connectivity index (χ1n) is 5.17. The molecule has 0 radical (unpaired) electrons. The predicted molar refractivity (Wildman–Crippen MR) is 59.4 cm³/mol. The monoisotopic (exact) mass is 227 g/mol. The summed E-state index contributed by atoms with van der Waals surface area (Å²) in [5.74, 6) is -1.20. The summed E-state index contributed by atoms with van der Waals surface area (Å²) in [7, 11) is 0. The standard InChI is InChI=1S/C11H17NO4/c1-2-8(6-13)12-5-7-3-4-9(14)11(16)10(7)15/h3-4,8,12-16H,2,5-6H2,1H3/t8-/m0/s1. The second-order valence-electron chi connectivity index (χ2n) is 3.61. The fourth-order valence-corrected chi connectivity index (χ4v) is 1.35. The topological polar surface area (TPSA) is 93.0 Å². The fraction of sp³-hybridized carbons (Fsp3) is 0.455. The number of aliphatic hydroxyl groups excluding tert-OH is 1. The van der Waals surface area contributed by atoms with Gasteiger partial charge in [-0.15, -0.1) is 0 Å². The van der Waals surface area contributed by atoms with Gasteiger partial charge in [-0.1, -0.05) is 13.0 Å². The Morgan fingerprint density at radius 2 is 1.88 bits per heavy atom. The number of hydrogen-bond acceptors (Lipinski definition) is 5. The molecule has 1 rings (SSSR count). The number of phenolic OH excluding ortho intramolecular Hbond substituents is 3. The molecule has 0 unspecified atom stereocenters. The molecule has 0 saturated heterocycles. The average Bonchev–Trinajstić information content (AvgIpc) is 2.30. The lowest BCUT2D eigenvalue weighted by atomic mass is 10.1. The highest BCUT2D eigenvalue weighted by Gasteiger charge is 2.12. The summed E-state index contributed by atoms with van der Waals surface area (Å²) >= 11 is 0. The molecule has 0 saturated carbocycles. The van der Waals surface area contributed by atoms with Crippen LogP contribution in [0.5, 0.6) is 17.2 Å². The van der Waals surface area contributed by atoms with Gasteiger partial charge in [-0.25, -0.2) is 0 Å². The molecule has 0 amide bonds. The fourth-order valence-electron chi connectivity index (χ4n) is 1.35. The molecular formula is C11H17NO4. The smallest absolute Gasteiger partial charge is 0.200 e. The van der Waals surface area contributed by atoms with Crippen LogP contribution in [0.3, 0.4) is 0 Å². The summed E-state index contributed by atoms with van der Waals surface area (Å²) in [6, 6.07) is 2.78. The number of hydrogen-bond donors (Lipinski definition) is 5. The number of aromatic hydroxyl groups is 3. The molecule has 5 heteroatoms. The molecule has 1 atom stereocenters. The van der Waals surface area contributed by atoms with Crippen molar-refractivity contribution in [2.24, 2.45) is 0 Å². The Morgan fingerprint density at radius 1 is 1.19 bits per heavy atom. The van der Waals surface area contributed by atoms with Gasteiger partial charge in [0.1, 0.15) is 0 Å². The summed E-state index contributed by atoms with van der Waals surface area (Å²) in [5, 5.41) is 39.9. The van der Waals surface area contributed by atoms with Gasteiger partial charge >= 0.3 is 0 Å². The van der Waals surface area contributed by atoms with Crippen molar-refractivity contribution in [1.29, 1.82) is 0 Å². The van der Waals surface area contributed by atoms with Gasteiger partial charge in [0, 0.05) is 18.2 Å². The van der Waals surface area contributed by atoms with E-state index in [4.69, 9.17) is 10.2 Å². The third-order valence-corrected chi connectivity index (χ3v) is 2.51. The number of benzene rings is 1. The van der Waals surface area contributed by atoms with Gasteiger partial charge in [-0.2, -0.15) is 0 Å². The van der Waals surface area contributed by atoms with Gasteiger partial charge in [0.15, 0.2) is 11.5 Å². The summed E-state index contributed by atoms with van der Waals surface area (Å²) in [5.41, 5.74) is 0.474.